The number of nitrogens with two attached hydrogens (primary N) is 1. The van der Waals surface area contributed by atoms with Gasteiger partial charge in [-0.2, -0.15) is 0 Å². The molecular weight excluding hydrogens is 196 g/mol. The van der Waals surface area contributed by atoms with Gasteiger partial charge in [0.25, 0.3) is 0 Å². The van der Waals surface area contributed by atoms with Crippen molar-refractivity contribution >= 4 is 29.3 Å². The van der Waals surface area contributed by atoms with Crippen molar-refractivity contribution in [1.82, 2.24) is 0 Å². The van der Waals surface area contributed by atoms with Crippen LogP contribution >= 0.6 is 24.2 Å². The van der Waals surface area contributed by atoms with Gasteiger partial charge in [-0.05, 0) is 6.42 Å². The van der Waals surface area contributed by atoms with Crippen LogP contribution in [-0.4, -0.2) is 23.8 Å². The second kappa shape index (κ2) is 6.57. The van der Waals surface area contributed by atoms with E-state index < -0.39 is 0 Å². The van der Waals surface area contributed by atoms with Crippen molar-refractivity contribution in [2.24, 2.45) is 10.7 Å². The predicted molar refractivity (Wildman–Crippen MR) is 56.0 cm³/mol. The molecule has 1 atom stereocenters. The summed E-state index contributed by atoms with van der Waals surface area (Å²) >= 11 is 1.60. The fourth-order valence-corrected chi connectivity index (χ4v) is 1.60. The number of ether oxygens (including phenoxy) is 1. The first-order chi connectivity index (χ1) is 5.33. The van der Waals surface area contributed by atoms with E-state index in [2.05, 4.69) is 11.9 Å². The maximum atomic E-state index is 5.53. The molecule has 12 heavy (non-hydrogen) atoms. The second-order valence-corrected chi connectivity index (χ2v) is 3.55. The fourth-order valence-electron chi connectivity index (χ4n) is 0.883. The summed E-state index contributed by atoms with van der Waals surface area (Å²) in [6.45, 7) is 2.87. The summed E-state index contributed by atoms with van der Waals surface area (Å²) in [5, 5.41) is 0.664. The Bertz CT molecular complexity index is 154. The fraction of sp³-hybridized carbons (Fsp3) is 0.857. The summed E-state index contributed by atoms with van der Waals surface area (Å²) in [5.74, 6) is 1.03. The van der Waals surface area contributed by atoms with E-state index in [1.54, 1.807) is 11.8 Å². The molecule has 1 aliphatic heterocycles. The number of amidine groups is 1. The maximum absolute atomic E-state index is 5.53. The molecule has 0 aromatic carbocycles. The lowest BCUT2D eigenvalue weighted by molar-refractivity contribution is 0.0579. The third-order valence-electron chi connectivity index (χ3n) is 1.40. The first-order valence-corrected chi connectivity index (χ1v) is 4.89. The molecule has 0 saturated heterocycles. The molecule has 0 fully saturated rings. The van der Waals surface area contributed by atoms with E-state index in [-0.39, 0.29) is 18.6 Å². The zero-order chi connectivity index (χ0) is 8.10. The summed E-state index contributed by atoms with van der Waals surface area (Å²) in [7, 11) is 0. The third-order valence-corrected chi connectivity index (χ3v) is 2.24. The van der Waals surface area contributed by atoms with Crippen LogP contribution in [0.3, 0.4) is 0 Å². The lowest BCUT2D eigenvalue weighted by Gasteiger charge is -2.17. The van der Waals surface area contributed by atoms with Gasteiger partial charge in [-0.3, -0.25) is 0 Å². The molecule has 0 amide bonds. The maximum Gasteiger partial charge on any atom is 0.156 e. The van der Waals surface area contributed by atoms with Crippen molar-refractivity contribution in [3.63, 3.8) is 0 Å². The van der Waals surface area contributed by atoms with Gasteiger partial charge in [-0.25, -0.2) is 4.99 Å². The Hall–Kier alpha value is 0.0700. The van der Waals surface area contributed by atoms with Crippen molar-refractivity contribution < 1.29 is 4.74 Å². The molecule has 0 bridgehead atoms. The van der Waals surface area contributed by atoms with Crippen LogP contribution in [0.2, 0.25) is 0 Å². The van der Waals surface area contributed by atoms with E-state index in [1.165, 1.54) is 0 Å². The molecule has 2 N–H and O–H groups in total. The van der Waals surface area contributed by atoms with Gasteiger partial charge in [-0.15, -0.1) is 12.4 Å². The topological polar surface area (TPSA) is 47.6 Å². The molecule has 3 nitrogen and oxygen atoms in total. The third kappa shape index (κ3) is 4.18. The van der Waals surface area contributed by atoms with Crippen molar-refractivity contribution in [2.45, 2.75) is 26.0 Å². The Morgan fingerprint density at radius 2 is 2.50 bits per heavy atom. The molecule has 0 radical (unpaired) electrons. The van der Waals surface area contributed by atoms with Gasteiger partial charge in [0.2, 0.25) is 0 Å². The van der Waals surface area contributed by atoms with Crippen molar-refractivity contribution in [3.8, 4) is 0 Å². The smallest absolute Gasteiger partial charge is 0.156 e. The minimum absolute atomic E-state index is 0. The number of aliphatic imine (C=N–C) groups is 1. The summed E-state index contributed by atoms with van der Waals surface area (Å²) in [6.07, 6.45) is 2.06. The monoisotopic (exact) mass is 210 g/mol. The van der Waals surface area contributed by atoms with Gasteiger partial charge in [0.1, 0.15) is 0 Å². The highest BCUT2D eigenvalue weighted by Crippen LogP contribution is 2.15. The Kier molecular flexibility index (Phi) is 6.61. The van der Waals surface area contributed by atoms with Crippen LogP contribution in [0.5, 0.6) is 0 Å². The number of thioether (sulfide) groups is 1. The summed E-state index contributed by atoms with van der Waals surface area (Å²) in [5.41, 5.74) is 5.53. The van der Waals surface area contributed by atoms with Gasteiger partial charge >= 0.3 is 0 Å². The van der Waals surface area contributed by atoms with Gasteiger partial charge in [0, 0.05) is 18.8 Å². The molecule has 1 rings (SSSR count). The lowest BCUT2D eigenvalue weighted by atomic mass is 10.4. The molecule has 0 spiro atoms. The highest BCUT2D eigenvalue weighted by atomic mass is 35.5. The average molecular weight is 211 g/mol. The molecule has 0 aromatic rings. The summed E-state index contributed by atoms with van der Waals surface area (Å²) < 4.78 is 5.42. The standard InChI is InChI=1S/C7H14N2OS.ClH/c1-2-4-10-6-3-5-11-7(8)9-6;/h6H,2-5H2,1H3,(H2,8,9);1H. The van der Waals surface area contributed by atoms with Crippen LogP contribution in [0, 0.1) is 0 Å². The quantitative estimate of drug-likeness (QED) is 0.770. The number of hydrogen-bond acceptors (Lipinski definition) is 4. The van der Waals surface area contributed by atoms with Gasteiger partial charge < -0.3 is 10.5 Å². The molecule has 0 aliphatic carbocycles. The lowest BCUT2D eigenvalue weighted by Crippen LogP contribution is -2.22. The van der Waals surface area contributed by atoms with E-state index in [0.717, 1.165) is 25.2 Å². The molecule has 1 unspecified atom stereocenters. The molecule has 0 saturated carbocycles. The van der Waals surface area contributed by atoms with E-state index in [4.69, 9.17) is 10.5 Å². The van der Waals surface area contributed by atoms with Crippen LogP contribution in [0.4, 0.5) is 0 Å². The first kappa shape index (κ1) is 12.1. The van der Waals surface area contributed by atoms with Crippen LogP contribution < -0.4 is 5.73 Å². The van der Waals surface area contributed by atoms with Gasteiger partial charge in [-0.1, -0.05) is 18.7 Å². The second-order valence-electron chi connectivity index (χ2n) is 2.43. The normalized spacial score (nSPS) is 22.8. The molecule has 1 heterocycles. The van der Waals surface area contributed by atoms with Crippen molar-refractivity contribution in [2.75, 3.05) is 12.4 Å². The molecule has 72 valence electrons. The minimum Gasteiger partial charge on any atom is -0.378 e. The molecular formula is C7H15ClN2OS. The number of rotatable bonds is 3. The zero-order valence-electron chi connectivity index (χ0n) is 7.16. The van der Waals surface area contributed by atoms with Crippen LogP contribution in [-0.2, 0) is 4.74 Å². The number of nitrogens with zero attached hydrogens (tertiary/aromatic N) is 1. The Morgan fingerprint density at radius 1 is 1.75 bits per heavy atom. The number of halogens is 1. The highest BCUT2D eigenvalue weighted by molar-refractivity contribution is 8.13. The van der Waals surface area contributed by atoms with E-state index in [0.29, 0.717) is 5.17 Å². The van der Waals surface area contributed by atoms with Gasteiger partial charge in [0.15, 0.2) is 11.4 Å². The van der Waals surface area contributed by atoms with Crippen molar-refractivity contribution in [1.29, 1.82) is 0 Å². The van der Waals surface area contributed by atoms with Crippen LogP contribution in [0.15, 0.2) is 4.99 Å². The molecule has 0 aromatic heterocycles. The molecule has 5 heteroatoms. The van der Waals surface area contributed by atoms with E-state index >= 15 is 0 Å². The van der Waals surface area contributed by atoms with Crippen LogP contribution in [0.25, 0.3) is 0 Å². The largest absolute Gasteiger partial charge is 0.378 e. The summed E-state index contributed by atoms with van der Waals surface area (Å²) in [6, 6.07) is 0. The minimum atomic E-state index is 0. The van der Waals surface area contributed by atoms with Gasteiger partial charge in [0.05, 0.1) is 0 Å². The first-order valence-electron chi connectivity index (χ1n) is 3.90. The Balaban J connectivity index is 0.00000121. The number of hydrogen-bond donors (Lipinski definition) is 1. The molecule has 1 aliphatic rings. The zero-order valence-corrected chi connectivity index (χ0v) is 8.79. The SMILES string of the molecule is CCCOC1CCSC(N)=N1.Cl. The van der Waals surface area contributed by atoms with Crippen molar-refractivity contribution in [3.05, 3.63) is 0 Å². The van der Waals surface area contributed by atoms with E-state index in [9.17, 15) is 0 Å². The highest BCUT2D eigenvalue weighted by Gasteiger charge is 2.12. The average Bonchev–Trinajstić information content (AvgIpc) is 2.01. The Labute approximate surface area is 83.5 Å². The summed E-state index contributed by atoms with van der Waals surface area (Å²) in [4.78, 5) is 4.15. The van der Waals surface area contributed by atoms with Crippen LogP contribution in [0.1, 0.15) is 19.8 Å². The Morgan fingerprint density at radius 3 is 3.08 bits per heavy atom. The van der Waals surface area contributed by atoms with E-state index in [1.807, 2.05) is 0 Å². The predicted octanol–water partition coefficient (Wildman–Crippen LogP) is 1.61.